The molecule has 0 spiro atoms. The highest BCUT2D eigenvalue weighted by Crippen LogP contribution is 2.31. The second-order valence-electron chi connectivity index (χ2n) is 4.08. The number of nitrogens with two attached hydrogens (primary N) is 1. The van der Waals surface area contributed by atoms with E-state index in [0.29, 0.717) is 5.92 Å². The Morgan fingerprint density at radius 3 is 2.65 bits per heavy atom. The van der Waals surface area contributed by atoms with Crippen molar-refractivity contribution in [3.63, 3.8) is 0 Å². The standard InChI is InChI=1S/C13H15N3S/c1-9(2)11-7-13(16-8-15-11)17-12-6-4-3-5-10(12)14/h3-9H,14H2,1-2H3. The molecular formula is C13H15N3S. The van der Waals surface area contributed by atoms with Crippen molar-refractivity contribution in [2.45, 2.75) is 29.7 Å². The molecule has 0 atom stereocenters. The Morgan fingerprint density at radius 2 is 1.94 bits per heavy atom. The number of anilines is 1. The van der Waals surface area contributed by atoms with E-state index in [1.54, 1.807) is 18.1 Å². The fraction of sp³-hybridized carbons (Fsp3) is 0.231. The first-order valence-electron chi connectivity index (χ1n) is 5.51. The summed E-state index contributed by atoms with van der Waals surface area (Å²) < 4.78 is 0. The zero-order chi connectivity index (χ0) is 12.3. The third kappa shape index (κ3) is 2.97. The van der Waals surface area contributed by atoms with Gasteiger partial charge >= 0.3 is 0 Å². The molecule has 0 saturated heterocycles. The van der Waals surface area contributed by atoms with E-state index in [2.05, 4.69) is 23.8 Å². The van der Waals surface area contributed by atoms with E-state index >= 15 is 0 Å². The van der Waals surface area contributed by atoms with Gasteiger partial charge in [-0.15, -0.1) is 0 Å². The fourth-order valence-corrected chi connectivity index (χ4v) is 2.25. The van der Waals surface area contributed by atoms with Gasteiger partial charge in [0.15, 0.2) is 0 Å². The molecule has 0 bridgehead atoms. The Morgan fingerprint density at radius 1 is 1.18 bits per heavy atom. The van der Waals surface area contributed by atoms with E-state index < -0.39 is 0 Å². The minimum atomic E-state index is 0.408. The number of rotatable bonds is 3. The molecule has 0 saturated carbocycles. The largest absolute Gasteiger partial charge is 0.398 e. The number of nitrogen functional groups attached to an aromatic ring is 1. The van der Waals surface area contributed by atoms with Gasteiger partial charge < -0.3 is 5.73 Å². The highest BCUT2D eigenvalue weighted by Gasteiger charge is 2.06. The van der Waals surface area contributed by atoms with Crippen LogP contribution in [0.4, 0.5) is 5.69 Å². The summed E-state index contributed by atoms with van der Waals surface area (Å²) in [5.74, 6) is 0.408. The van der Waals surface area contributed by atoms with Crippen LogP contribution in [-0.2, 0) is 0 Å². The number of benzene rings is 1. The van der Waals surface area contributed by atoms with Gasteiger partial charge in [-0.05, 0) is 24.1 Å². The summed E-state index contributed by atoms with van der Waals surface area (Å²) in [7, 11) is 0. The average Bonchev–Trinajstić information content (AvgIpc) is 2.32. The van der Waals surface area contributed by atoms with Gasteiger partial charge in [0.1, 0.15) is 11.4 Å². The number of para-hydroxylation sites is 1. The smallest absolute Gasteiger partial charge is 0.116 e. The van der Waals surface area contributed by atoms with Crippen molar-refractivity contribution in [2.75, 3.05) is 5.73 Å². The molecule has 0 radical (unpaired) electrons. The maximum atomic E-state index is 5.90. The van der Waals surface area contributed by atoms with Crippen molar-refractivity contribution >= 4 is 17.4 Å². The molecule has 17 heavy (non-hydrogen) atoms. The van der Waals surface area contributed by atoms with Gasteiger partial charge in [-0.1, -0.05) is 37.7 Å². The lowest BCUT2D eigenvalue weighted by Gasteiger charge is -2.07. The van der Waals surface area contributed by atoms with Gasteiger partial charge in [0.05, 0.1) is 0 Å². The van der Waals surface area contributed by atoms with Gasteiger partial charge in [0, 0.05) is 16.3 Å². The lowest BCUT2D eigenvalue weighted by molar-refractivity contribution is 0.800. The van der Waals surface area contributed by atoms with Crippen molar-refractivity contribution in [1.29, 1.82) is 0 Å². The van der Waals surface area contributed by atoms with E-state index in [4.69, 9.17) is 5.73 Å². The van der Waals surface area contributed by atoms with Gasteiger partial charge in [-0.25, -0.2) is 9.97 Å². The summed E-state index contributed by atoms with van der Waals surface area (Å²) in [6, 6.07) is 9.81. The van der Waals surface area contributed by atoms with Crippen LogP contribution in [0.25, 0.3) is 0 Å². The number of hydrogen-bond acceptors (Lipinski definition) is 4. The number of nitrogens with zero attached hydrogens (tertiary/aromatic N) is 2. The number of aromatic nitrogens is 2. The molecule has 2 aromatic rings. The molecule has 0 amide bonds. The lowest BCUT2D eigenvalue weighted by Crippen LogP contribution is -1.94. The predicted octanol–water partition coefficient (Wildman–Crippen LogP) is 3.33. The molecule has 0 fully saturated rings. The zero-order valence-corrected chi connectivity index (χ0v) is 10.7. The molecule has 0 aliphatic carbocycles. The van der Waals surface area contributed by atoms with Crippen LogP contribution in [0, 0.1) is 0 Å². The highest BCUT2D eigenvalue weighted by molar-refractivity contribution is 7.99. The third-order valence-corrected chi connectivity index (χ3v) is 3.41. The Hall–Kier alpha value is -1.55. The first-order valence-corrected chi connectivity index (χ1v) is 6.33. The average molecular weight is 245 g/mol. The normalized spacial score (nSPS) is 10.8. The van der Waals surface area contributed by atoms with Crippen LogP contribution in [0.1, 0.15) is 25.5 Å². The number of hydrogen-bond donors (Lipinski definition) is 1. The topological polar surface area (TPSA) is 51.8 Å². The molecule has 3 nitrogen and oxygen atoms in total. The summed E-state index contributed by atoms with van der Waals surface area (Å²) in [4.78, 5) is 9.53. The summed E-state index contributed by atoms with van der Waals surface area (Å²) in [5, 5.41) is 0.932. The van der Waals surface area contributed by atoms with Crippen LogP contribution in [0.15, 0.2) is 46.6 Å². The summed E-state index contributed by atoms with van der Waals surface area (Å²) in [6.07, 6.45) is 1.61. The van der Waals surface area contributed by atoms with Gasteiger partial charge in [0.25, 0.3) is 0 Å². The highest BCUT2D eigenvalue weighted by atomic mass is 32.2. The molecule has 0 unspecified atom stereocenters. The zero-order valence-electron chi connectivity index (χ0n) is 9.92. The Labute approximate surface area is 105 Å². The molecule has 1 heterocycles. The second kappa shape index (κ2) is 5.19. The SMILES string of the molecule is CC(C)c1cc(Sc2ccccc2N)ncn1. The first-order chi connectivity index (χ1) is 8.16. The minimum Gasteiger partial charge on any atom is -0.398 e. The molecule has 0 aliphatic heterocycles. The third-order valence-electron chi connectivity index (χ3n) is 2.39. The van der Waals surface area contributed by atoms with E-state index in [1.165, 1.54) is 0 Å². The van der Waals surface area contributed by atoms with E-state index in [9.17, 15) is 0 Å². The molecular weight excluding hydrogens is 230 g/mol. The maximum absolute atomic E-state index is 5.90. The van der Waals surface area contributed by atoms with Crippen LogP contribution in [0.3, 0.4) is 0 Å². The van der Waals surface area contributed by atoms with E-state index in [-0.39, 0.29) is 0 Å². The van der Waals surface area contributed by atoms with Crippen molar-refractivity contribution in [1.82, 2.24) is 9.97 Å². The van der Waals surface area contributed by atoms with Crippen molar-refractivity contribution in [3.8, 4) is 0 Å². The quantitative estimate of drug-likeness (QED) is 0.665. The predicted molar refractivity (Wildman–Crippen MR) is 71.1 cm³/mol. The molecule has 2 N–H and O–H groups in total. The lowest BCUT2D eigenvalue weighted by atomic mass is 10.1. The Kier molecular flexibility index (Phi) is 3.64. The van der Waals surface area contributed by atoms with Crippen LogP contribution in [0.5, 0.6) is 0 Å². The second-order valence-corrected chi connectivity index (χ2v) is 5.14. The van der Waals surface area contributed by atoms with Crippen LogP contribution < -0.4 is 5.73 Å². The van der Waals surface area contributed by atoms with Gasteiger partial charge in [-0.2, -0.15) is 0 Å². The first kappa shape index (κ1) is 11.9. The van der Waals surface area contributed by atoms with Crippen molar-refractivity contribution < 1.29 is 0 Å². The van der Waals surface area contributed by atoms with Crippen molar-refractivity contribution in [2.24, 2.45) is 0 Å². The van der Waals surface area contributed by atoms with Crippen LogP contribution in [0.2, 0.25) is 0 Å². The Bertz CT molecular complexity index is 512. The Balaban J connectivity index is 2.25. The summed E-state index contributed by atoms with van der Waals surface area (Å²) >= 11 is 1.57. The van der Waals surface area contributed by atoms with E-state index in [0.717, 1.165) is 21.3 Å². The molecule has 4 heteroatoms. The molecule has 1 aromatic carbocycles. The van der Waals surface area contributed by atoms with Gasteiger partial charge in [0.2, 0.25) is 0 Å². The molecule has 88 valence electrons. The molecule has 2 rings (SSSR count). The molecule has 0 aliphatic rings. The van der Waals surface area contributed by atoms with E-state index in [1.807, 2.05) is 30.3 Å². The maximum Gasteiger partial charge on any atom is 0.116 e. The van der Waals surface area contributed by atoms with Crippen LogP contribution >= 0.6 is 11.8 Å². The monoisotopic (exact) mass is 245 g/mol. The van der Waals surface area contributed by atoms with Crippen molar-refractivity contribution in [3.05, 3.63) is 42.4 Å². The molecule has 1 aromatic heterocycles. The summed E-state index contributed by atoms with van der Waals surface area (Å²) in [5.41, 5.74) is 7.73. The van der Waals surface area contributed by atoms with Crippen LogP contribution in [-0.4, -0.2) is 9.97 Å². The fourth-order valence-electron chi connectivity index (χ4n) is 1.41. The van der Waals surface area contributed by atoms with Gasteiger partial charge in [-0.3, -0.25) is 0 Å². The minimum absolute atomic E-state index is 0.408. The summed E-state index contributed by atoms with van der Waals surface area (Å²) in [6.45, 7) is 4.24.